The highest BCUT2D eigenvalue weighted by Crippen LogP contribution is 2.13. The van der Waals surface area contributed by atoms with Gasteiger partial charge in [-0.3, -0.25) is 9.59 Å². The molecule has 1 fully saturated rings. The molecule has 1 aromatic rings. The average molecular weight is 292 g/mol. The molecule has 0 aliphatic carbocycles. The largest absolute Gasteiger partial charge is 0.409 e. The highest BCUT2D eigenvalue weighted by molar-refractivity contribution is 6.00. The summed E-state index contributed by atoms with van der Waals surface area (Å²) < 4.78 is 5.17. The summed E-state index contributed by atoms with van der Waals surface area (Å²) in [6.07, 6.45) is 0. The van der Waals surface area contributed by atoms with E-state index in [1.165, 1.54) is 4.90 Å². The van der Waals surface area contributed by atoms with Crippen molar-refractivity contribution in [3.05, 3.63) is 35.4 Å². The Balaban J connectivity index is 2.20. The summed E-state index contributed by atoms with van der Waals surface area (Å²) >= 11 is 0. The number of carbonyl (C=O) groups excluding carboxylic acids is 2. The van der Waals surface area contributed by atoms with Crippen LogP contribution in [0.3, 0.4) is 0 Å². The van der Waals surface area contributed by atoms with E-state index in [1.54, 1.807) is 24.3 Å². The number of oxime groups is 1. The minimum Gasteiger partial charge on any atom is -0.409 e. The molecule has 0 bridgehead atoms. The lowest BCUT2D eigenvalue weighted by molar-refractivity contribution is -0.127. The first-order chi connectivity index (χ1) is 10.0. The fourth-order valence-corrected chi connectivity index (χ4v) is 2.09. The van der Waals surface area contributed by atoms with Crippen molar-refractivity contribution in [2.24, 2.45) is 16.6 Å². The molecule has 1 saturated heterocycles. The van der Waals surface area contributed by atoms with Crippen LogP contribution in [-0.2, 0) is 9.53 Å². The Hall–Kier alpha value is -2.61. The second kappa shape index (κ2) is 6.23. The number of nitrogens with two attached hydrogens (primary N) is 2. The fourth-order valence-electron chi connectivity index (χ4n) is 2.09. The van der Waals surface area contributed by atoms with Crippen molar-refractivity contribution in [3.8, 4) is 0 Å². The van der Waals surface area contributed by atoms with Crippen LogP contribution in [0.4, 0.5) is 0 Å². The zero-order valence-corrected chi connectivity index (χ0v) is 11.2. The van der Waals surface area contributed by atoms with Gasteiger partial charge in [0.15, 0.2) is 5.84 Å². The van der Waals surface area contributed by atoms with Gasteiger partial charge in [-0.1, -0.05) is 17.3 Å². The van der Waals surface area contributed by atoms with E-state index in [0.29, 0.717) is 24.3 Å². The van der Waals surface area contributed by atoms with Gasteiger partial charge < -0.3 is 26.3 Å². The van der Waals surface area contributed by atoms with E-state index in [2.05, 4.69) is 5.16 Å². The molecule has 2 rings (SSSR count). The number of ether oxygens (including phenoxy) is 1. The molecule has 5 N–H and O–H groups in total. The van der Waals surface area contributed by atoms with Gasteiger partial charge in [0.2, 0.25) is 5.91 Å². The van der Waals surface area contributed by atoms with E-state index >= 15 is 0 Å². The summed E-state index contributed by atoms with van der Waals surface area (Å²) in [6.45, 7) is 0.759. The Morgan fingerprint density at radius 3 is 2.43 bits per heavy atom. The van der Waals surface area contributed by atoms with Gasteiger partial charge in [0.05, 0.1) is 13.2 Å². The molecule has 112 valence electrons. The minimum absolute atomic E-state index is 0.0459. The first kappa shape index (κ1) is 14.8. The Bertz CT molecular complexity index is 570. The minimum atomic E-state index is -0.769. The van der Waals surface area contributed by atoms with Crippen molar-refractivity contribution in [2.45, 2.75) is 6.04 Å². The number of nitrogens with zero attached hydrogens (tertiary/aromatic N) is 2. The molecule has 21 heavy (non-hydrogen) atoms. The summed E-state index contributed by atoms with van der Waals surface area (Å²) in [7, 11) is 0. The normalized spacial score (nSPS) is 19.3. The Labute approximate surface area is 120 Å². The maximum Gasteiger partial charge on any atom is 0.254 e. The number of amidine groups is 1. The standard InChI is InChI=1S/C13H16N4O4/c14-11(16-20)8-1-3-9(4-2-8)13(19)17-5-6-21-7-10(17)12(15)18/h1-4,10,20H,5-7H2,(H2,14,16)(H2,15,18). The smallest absolute Gasteiger partial charge is 0.254 e. The maximum absolute atomic E-state index is 12.4. The van der Waals surface area contributed by atoms with Crippen molar-refractivity contribution < 1.29 is 19.5 Å². The number of carbonyl (C=O) groups is 2. The van der Waals surface area contributed by atoms with E-state index in [1.807, 2.05) is 0 Å². The van der Waals surface area contributed by atoms with Gasteiger partial charge in [0.25, 0.3) is 5.91 Å². The van der Waals surface area contributed by atoms with Crippen LogP contribution in [0.1, 0.15) is 15.9 Å². The molecule has 1 aliphatic heterocycles. The summed E-state index contributed by atoms with van der Waals surface area (Å²) in [5.74, 6) is -0.958. The third-order valence-corrected chi connectivity index (χ3v) is 3.25. The van der Waals surface area contributed by atoms with Crippen LogP contribution in [-0.4, -0.2) is 53.6 Å². The predicted octanol–water partition coefficient (Wildman–Crippen LogP) is -0.893. The lowest BCUT2D eigenvalue weighted by Crippen LogP contribution is -2.54. The van der Waals surface area contributed by atoms with Crippen molar-refractivity contribution >= 4 is 17.6 Å². The van der Waals surface area contributed by atoms with Gasteiger partial charge in [0, 0.05) is 17.7 Å². The van der Waals surface area contributed by atoms with Gasteiger partial charge >= 0.3 is 0 Å². The van der Waals surface area contributed by atoms with E-state index < -0.39 is 11.9 Å². The van der Waals surface area contributed by atoms with Crippen LogP contribution in [0.15, 0.2) is 29.4 Å². The number of morpholine rings is 1. The molecule has 2 amide bonds. The monoisotopic (exact) mass is 292 g/mol. The number of rotatable bonds is 3. The van der Waals surface area contributed by atoms with Crippen molar-refractivity contribution in [1.82, 2.24) is 4.90 Å². The van der Waals surface area contributed by atoms with Crippen molar-refractivity contribution in [3.63, 3.8) is 0 Å². The number of amides is 2. The number of benzene rings is 1. The highest BCUT2D eigenvalue weighted by Gasteiger charge is 2.31. The van der Waals surface area contributed by atoms with Crippen LogP contribution < -0.4 is 11.5 Å². The van der Waals surface area contributed by atoms with Crippen LogP contribution in [0, 0.1) is 0 Å². The van der Waals surface area contributed by atoms with Crippen LogP contribution in [0.5, 0.6) is 0 Å². The van der Waals surface area contributed by atoms with E-state index in [4.69, 9.17) is 21.4 Å². The topological polar surface area (TPSA) is 131 Å². The second-order valence-electron chi connectivity index (χ2n) is 4.55. The third kappa shape index (κ3) is 3.11. The molecule has 0 radical (unpaired) electrons. The van der Waals surface area contributed by atoms with Gasteiger partial charge in [-0.05, 0) is 12.1 Å². The summed E-state index contributed by atoms with van der Waals surface area (Å²) in [5, 5.41) is 11.5. The first-order valence-corrected chi connectivity index (χ1v) is 6.30. The SMILES string of the molecule is NC(=O)C1COCCN1C(=O)c1ccc(/C(N)=N/O)cc1. The molecule has 0 saturated carbocycles. The van der Waals surface area contributed by atoms with E-state index in [0.717, 1.165) is 0 Å². The average Bonchev–Trinajstić information content (AvgIpc) is 2.53. The van der Waals surface area contributed by atoms with Crippen LogP contribution in [0.2, 0.25) is 0 Å². The van der Waals surface area contributed by atoms with E-state index in [9.17, 15) is 9.59 Å². The van der Waals surface area contributed by atoms with Crippen molar-refractivity contribution in [2.75, 3.05) is 19.8 Å². The molecule has 1 atom stereocenters. The Morgan fingerprint density at radius 2 is 1.86 bits per heavy atom. The van der Waals surface area contributed by atoms with Crippen LogP contribution >= 0.6 is 0 Å². The van der Waals surface area contributed by atoms with Crippen LogP contribution in [0.25, 0.3) is 0 Å². The van der Waals surface area contributed by atoms with Gasteiger partial charge in [0.1, 0.15) is 6.04 Å². The number of primary amides is 1. The fraction of sp³-hybridized carbons (Fsp3) is 0.308. The third-order valence-electron chi connectivity index (χ3n) is 3.25. The lowest BCUT2D eigenvalue weighted by atomic mass is 10.1. The molecule has 1 aromatic carbocycles. The maximum atomic E-state index is 12.4. The summed E-state index contributed by atoms with van der Waals surface area (Å²) in [4.78, 5) is 25.2. The lowest BCUT2D eigenvalue weighted by Gasteiger charge is -2.33. The Kier molecular flexibility index (Phi) is 4.39. The van der Waals surface area contributed by atoms with Gasteiger partial charge in [-0.2, -0.15) is 0 Å². The molecule has 0 aromatic heterocycles. The predicted molar refractivity (Wildman–Crippen MR) is 73.8 cm³/mol. The molecular weight excluding hydrogens is 276 g/mol. The molecule has 8 nitrogen and oxygen atoms in total. The summed E-state index contributed by atoms with van der Waals surface area (Å²) in [6, 6.07) is 5.44. The number of hydrogen-bond acceptors (Lipinski definition) is 5. The molecule has 8 heteroatoms. The zero-order valence-electron chi connectivity index (χ0n) is 11.2. The number of hydrogen-bond donors (Lipinski definition) is 3. The molecule has 1 aliphatic rings. The first-order valence-electron chi connectivity index (χ1n) is 6.30. The van der Waals surface area contributed by atoms with Crippen molar-refractivity contribution in [1.29, 1.82) is 0 Å². The van der Waals surface area contributed by atoms with Gasteiger partial charge in [-0.25, -0.2) is 0 Å². The molecule has 0 spiro atoms. The zero-order chi connectivity index (χ0) is 15.4. The molecule has 1 unspecified atom stereocenters. The summed E-state index contributed by atoms with van der Waals surface area (Å²) in [5.41, 5.74) is 11.6. The molecule has 1 heterocycles. The van der Waals surface area contributed by atoms with E-state index in [-0.39, 0.29) is 18.3 Å². The van der Waals surface area contributed by atoms with Gasteiger partial charge in [-0.15, -0.1) is 0 Å². The second-order valence-corrected chi connectivity index (χ2v) is 4.55. The quantitative estimate of drug-likeness (QED) is 0.288. The molecular formula is C13H16N4O4. The highest BCUT2D eigenvalue weighted by atomic mass is 16.5. The Morgan fingerprint density at radius 1 is 1.24 bits per heavy atom.